The first-order valence-corrected chi connectivity index (χ1v) is 19.9. The molecular formula is C55H43N. The Hall–Kier alpha value is -6.44. The molecule has 0 atom stereocenters. The summed E-state index contributed by atoms with van der Waals surface area (Å²) in [6.07, 6.45) is 0. The molecule has 2 aliphatic rings. The van der Waals surface area contributed by atoms with Crippen LogP contribution in [0.3, 0.4) is 0 Å². The van der Waals surface area contributed by atoms with Crippen molar-refractivity contribution in [1.82, 2.24) is 0 Å². The lowest BCUT2D eigenvalue weighted by atomic mass is 9.73. The van der Waals surface area contributed by atoms with Gasteiger partial charge in [-0.3, -0.25) is 0 Å². The fourth-order valence-electron chi connectivity index (χ4n) is 10.4. The Morgan fingerprint density at radius 2 is 0.857 bits per heavy atom. The molecule has 1 aliphatic heterocycles. The van der Waals surface area contributed by atoms with E-state index < -0.39 is 0 Å². The van der Waals surface area contributed by atoms with Crippen LogP contribution >= 0.6 is 0 Å². The first kappa shape index (κ1) is 32.9. The molecule has 9 aromatic carbocycles. The molecule has 1 heterocycles. The van der Waals surface area contributed by atoms with Gasteiger partial charge in [-0.25, -0.2) is 0 Å². The van der Waals surface area contributed by atoms with Gasteiger partial charge in [0.25, 0.3) is 0 Å². The number of fused-ring (bicyclic) bond motifs is 8. The molecule has 9 aromatic rings. The maximum atomic E-state index is 2.47. The summed E-state index contributed by atoms with van der Waals surface area (Å²) in [6, 6.07) is 64.0. The number of hydrogen-bond donors (Lipinski definition) is 0. The van der Waals surface area contributed by atoms with E-state index in [0.29, 0.717) is 0 Å². The second-order valence-electron chi connectivity index (χ2n) is 16.9. The minimum Gasteiger partial charge on any atom is -0.344 e. The summed E-state index contributed by atoms with van der Waals surface area (Å²) >= 11 is 0. The molecule has 0 fully saturated rings. The van der Waals surface area contributed by atoms with Crippen LogP contribution in [-0.2, 0) is 10.8 Å². The molecule has 1 heteroatoms. The normalized spacial score (nSPS) is 14.8. The lowest BCUT2D eigenvalue weighted by Gasteiger charge is -2.40. The van der Waals surface area contributed by atoms with Gasteiger partial charge in [-0.1, -0.05) is 173 Å². The number of para-hydroxylation sites is 1. The van der Waals surface area contributed by atoms with Crippen LogP contribution < -0.4 is 4.90 Å². The minimum absolute atomic E-state index is 0.0470. The van der Waals surface area contributed by atoms with E-state index in [1.165, 1.54) is 110 Å². The van der Waals surface area contributed by atoms with E-state index in [-0.39, 0.29) is 10.8 Å². The van der Waals surface area contributed by atoms with Crippen molar-refractivity contribution >= 4 is 43.7 Å². The SMILES string of the molecule is CN1c2ccccc2C(C)(C)c2ccc(-c3c4ccccc4c(-c4ccc5c(c4)-c4ccccc4C5(C)C)c4cc(-c5cccc6ccccc56)ccc34)cc21. The largest absolute Gasteiger partial charge is 0.344 e. The molecular weight excluding hydrogens is 675 g/mol. The van der Waals surface area contributed by atoms with Gasteiger partial charge in [-0.05, 0) is 123 Å². The maximum Gasteiger partial charge on any atom is 0.0455 e. The molecule has 0 unspecified atom stereocenters. The zero-order valence-corrected chi connectivity index (χ0v) is 32.6. The van der Waals surface area contributed by atoms with Gasteiger partial charge in [0.2, 0.25) is 0 Å². The highest BCUT2D eigenvalue weighted by Gasteiger charge is 2.37. The summed E-state index contributed by atoms with van der Waals surface area (Å²) in [5.74, 6) is 0. The summed E-state index contributed by atoms with van der Waals surface area (Å²) in [7, 11) is 2.22. The second kappa shape index (κ2) is 11.8. The fourth-order valence-corrected chi connectivity index (χ4v) is 10.4. The molecule has 11 rings (SSSR count). The quantitative estimate of drug-likeness (QED) is 0.165. The summed E-state index contributed by atoms with van der Waals surface area (Å²) in [5.41, 5.74) is 18.1. The van der Waals surface area contributed by atoms with Crippen LogP contribution in [0.1, 0.15) is 49.9 Å². The lowest BCUT2D eigenvalue weighted by Crippen LogP contribution is -2.30. The Labute approximate surface area is 329 Å². The maximum absolute atomic E-state index is 2.47. The number of hydrogen-bond acceptors (Lipinski definition) is 1. The Kier molecular flexibility index (Phi) is 6.93. The predicted octanol–water partition coefficient (Wildman–Crippen LogP) is 14.9. The van der Waals surface area contributed by atoms with Crippen molar-refractivity contribution in [3.8, 4) is 44.5 Å². The molecule has 1 aliphatic carbocycles. The smallest absolute Gasteiger partial charge is 0.0455 e. The van der Waals surface area contributed by atoms with Crippen LogP contribution in [0.4, 0.5) is 11.4 Å². The van der Waals surface area contributed by atoms with E-state index in [2.05, 4.69) is 210 Å². The zero-order chi connectivity index (χ0) is 37.9. The highest BCUT2D eigenvalue weighted by molar-refractivity contribution is 6.22. The summed E-state index contributed by atoms with van der Waals surface area (Å²) in [5, 5.41) is 7.61. The fraction of sp³-hybridized carbons (Fsp3) is 0.127. The Balaban J connectivity index is 1.22. The van der Waals surface area contributed by atoms with Crippen molar-refractivity contribution in [1.29, 1.82) is 0 Å². The van der Waals surface area contributed by atoms with Crippen LogP contribution in [0.5, 0.6) is 0 Å². The van der Waals surface area contributed by atoms with Crippen LogP contribution in [-0.4, -0.2) is 7.05 Å². The van der Waals surface area contributed by atoms with Crippen molar-refractivity contribution in [2.45, 2.75) is 38.5 Å². The topological polar surface area (TPSA) is 3.24 Å². The van der Waals surface area contributed by atoms with Gasteiger partial charge in [0, 0.05) is 29.3 Å². The average Bonchev–Trinajstić information content (AvgIpc) is 3.46. The van der Waals surface area contributed by atoms with Gasteiger partial charge < -0.3 is 4.90 Å². The molecule has 56 heavy (non-hydrogen) atoms. The van der Waals surface area contributed by atoms with Crippen molar-refractivity contribution in [2.75, 3.05) is 11.9 Å². The molecule has 0 saturated heterocycles. The third-order valence-electron chi connectivity index (χ3n) is 13.3. The van der Waals surface area contributed by atoms with Crippen LogP contribution in [0.2, 0.25) is 0 Å². The first-order chi connectivity index (χ1) is 27.2. The van der Waals surface area contributed by atoms with Gasteiger partial charge in [0.15, 0.2) is 0 Å². The number of benzene rings is 9. The Morgan fingerprint density at radius 1 is 0.339 bits per heavy atom. The van der Waals surface area contributed by atoms with Crippen molar-refractivity contribution in [3.63, 3.8) is 0 Å². The van der Waals surface area contributed by atoms with Crippen LogP contribution in [0.15, 0.2) is 170 Å². The number of anilines is 2. The van der Waals surface area contributed by atoms with Crippen molar-refractivity contribution in [2.24, 2.45) is 0 Å². The standard InChI is InChI=1S/C55H43N/c1-54(2)46-22-11-10-18-40(46)44-32-36(26-29-47(44)54)53-42-20-9-8-19-41(42)52(37-27-30-49-51(33-37)56(5)50-24-13-12-23-48(50)55(49,3)4)43-28-25-35(31-45(43)53)39-21-14-16-34-15-6-7-17-38(34)39/h6-33H,1-5H3. The van der Waals surface area contributed by atoms with Crippen molar-refractivity contribution in [3.05, 3.63) is 192 Å². The van der Waals surface area contributed by atoms with E-state index in [4.69, 9.17) is 0 Å². The van der Waals surface area contributed by atoms with Gasteiger partial charge in [-0.15, -0.1) is 0 Å². The third kappa shape index (κ3) is 4.55. The lowest BCUT2D eigenvalue weighted by molar-refractivity contribution is 0.629. The molecule has 0 amide bonds. The van der Waals surface area contributed by atoms with Gasteiger partial charge >= 0.3 is 0 Å². The third-order valence-corrected chi connectivity index (χ3v) is 13.3. The van der Waals surface area contributed by atoms with Crippen molar-refractivity contribution < 1.29 is 0 Å². The molecule has 0 N–H and O–H groups in total. The number of nitrogens with zero attached hydrogens (tertiary/aromatic N) is 1. The highest BCUT2D eigenvalue weighted by atomic mass is 15.1. The van der Waals surface area contributed by atoms with Crippen LogP contribution in [0, 0.1) is 0 Å². The minimum atomic E-state index is -0.112. The van der Waals surface area contributed by atoms with E-state index in [1.54, 1.807) is 0 Å². The monoisotopic (exact) mass is 717 g/mol. The Bertz CT molecular complexity index is 3100. The summed E-state index contributed by atoms with van der Waals surface area (Å²) in [4.78, 5) is 2.39. The molecule has 268 valence electrons. The second-order valence-corrected chi connectivity index (χ2v) is 16.9. The number of rotatable bonds is 3. The van der Waals surface area contributed by atoms with E-state index >= 15 is 0 Å². The van der Waals surface area contributed by atoms with Crippen LogP contribution in [0.25, 0.3) is 76.8 Å². The van der Waals surface area contributed by atoms with Gasteiger partial charge in [0.1, 0.15) is 0 Å². The summed E-state index contributed by atoms with van der Waals surface area (Å²) in [6.45, 7) is 9.45. The molecule has 0 bridgehead atoms. The van der Waals surface area contributed by atoms with E-state index in [0.717, 1.165) is 0 Å². The first-order valence-electron chi connectivity index (χ1n) is 19.9. The Morgan fingerprint density at radius 3 is 1.66 bits per heavy atom. The zero-order valence-electron chi connectivity index (χ0n) is 32.6. The predicted molar refractivity (Wildman–Crippen MR) is 239 cm³/mol. The van der Waals surface area contributed by atoms with Gasteiger partial charge in [-0.2, -0.15) is 0 Å². The average molecular weight is 718 g/mol. The summed E-state index contributed by atoms with van der Waals surface area (Å²) < 4.78 is 0. The van der Waals surface area contributed by atoms with E-state index in [9.17, 15) is 0 Å². The highest BCUT2D eigenvalue weighted by Crippen LogP contribution is 2.53. The molecule has 0 aromatic heterocycles. The van der Waals surface area contributed by atoms with Gasteiger partial charge in [0.05, 0.1) is 0 Å². The molecule has 1 nitrogen and oxygen atoms in total. The van der Waals surface area contributed by atoms with E-state index in [1.807, 2.05) is 0 Å². The molecule has 0 saturated carbocycles. The molecule has 0 radical (unpaired) electrons. The molecule has 0 spiro atoms.